The maximum atomic E-state index is 12.0. The van der Waals surface area contributed by atoms with Crippen LogP contribution in [-0.4, -0.2) is 37.0 Å². The van der Waals surface area contributed by atoms with Gasteiger partial charge in [-0.2, -0.15) is 5.26 Å². The number of hydrogen-bond acceptors (Lipinski definition) is 3. The van der Waals surface area contributed by atoms with Crippen molar-refractivity contribution in [2.75, 3.05) is 26.2 Å². The molecule has 1 saturated heterocycles. The van der Waals surface area contributed by atoms with Crippen LogP contribution in [0, 0.1) is 23.2 Å². The fourth-order valence-corrected chi connectivity index (χ4v) is 2.23. The molecule has 1 amide bonds. The first-order chi connectivity index (χ1) is 8.17. The van der Waals surface area contributed by atoms with Crippen LogP contribution in [0.25, 0.3) is 0 Å². The number of carbonyl (C=O) groups excluding carboxylic acids is 1. The van der Waals surface area contributed by atoms with E-state index in [1.807, 2.05) is 13.8 Å². The molecule has 0 aromatic heterocycles. The summed E-state index contributed by atoms with van der Waals surface area (Å²) in [7, 11) is 0. The predicted octanol–water partition coefficient (Wildman–Crippen LogP) is 1.38. The van der Waals surface area contributed by atoms with E-state index in [4.69, 9.17) is 5.26 Å². The topological polar surface area (TPSA) is 56.1 Å². The van der Waals surface area contributed by atoms with Crippen molar-refractivity contribution in [3.8, 4) is 6.07 Å². The van der Waals surface area contributed by atoms with E-state index in [0.29, 0.717) is 25.4 Å². The molecule has 1 aliphatic heterocycles. The maximum Gasteiger partial charge on any atom is 0.222 e. The summed E-state index contributed by atoms with van der Waals surface area (Å²) in [6.45, 7) is 7.23. The highest BCUT2D eigenvalue weighted by Crippen LogP contribution is 2.15. The second kappa shape index (κ2) is 7.29. The molecule has 1 aliphatic rings. The van der Waals surface area contributed by atoms with Crippen LogP contribution in [0.15, 0.2) is 0 Å². The molecule has 0 radical (unpaired) electrons. The first-order valence-corrected chi connectivity index (χ1v) is 6.55. The van der Waals surface area contributed by atoms with Crippen LogP contribution in [-0.2, 0) is 4.79 Å². The Hall–Kier alpha value is -1.08. The molecule has 1 N–H and O–H groups in total. The largest absolute Gasteiger partial charge is 0.342 e. The normalized spacial score (nSPS) is 20.9. The van der Waals surface area contributed by atoms with E-state index in [-0.39, 0.29) is 11.8 Å². The van der Waals surface area contributed by atoms with Crippen LogP contribution in [0.3, 0.4) is 0 Å². The van der Waals surface area contributed by atoms with Crippen LogP contribution in [0.2, 0.25) is 0 Å². The zero-order valence-corrected chi connectivity index (χ0v) is 10.9. The van der Waals surface area contributed by atoms with Gasteiger partial charge in [-0.25, -0.2) is 0 Å². The molecule has 2 unspecified atom stereocenters. The number of amides is 1. The van der Waals surface area contributed by atoms with Gasteiger partial charge in [0.2, 0.25) is 5.91 Å². The van der Waals surface area contributed by atoms with Gasteiger partial charge in [0.15, 0.2) is 0 Å². The molecule has 1 heterocycles. The molecule has 2 atom stereocenters. The fraction of sp³-hybridized carbons (Fsp3) is 0.846. The van der Waals surface area contributed by atoms with Crippen molar-refractivity contribution in [2.24, 2.45) is 11.8 Å². The van der Waals surface area contributed by atoms with Gasteiger partial charge >= 0.3 is 0 Å². The van der Waals surface area contributed by atoms with Gasteiger partial charge in [0.05, 0.1) is 12.0 Å². The van der Waals surface area contributed by atoms with E-state index < -0.39 is 0 Å². The smallest absolute Gasteiger partial charge is 0.222 e. The molecule has 96 valence electrons. The van der Waals surface area contributed by atoms with Crippen molar-refractivity contribution in [3.63, 3.8) is 0 Å². The summed E-state index contributed by atoms with van der Waals surface area (Å²) in [4.78, 5) is 13.8. The van der Waals surface area contributed by atoms with E-state index in [0.717, 1.165) is 19.5 Å². The molecule has 0 aromatic rings. The Morgan fingerprint density at radius 3 is 2.94 bits per heavy atom. The Labute approximate surface area is 104 Å². The van der Waals surface area contributed by atoms with E-state index >= 15 is 0 Å². The van der Waals surface area contributed by atoms with Crippen molar-refractivity contribution < 1.29 is 4.79 Å². The zero-order valence-electron chi connectivity index (χ0n) is 10.9. The van der Waals surface area contributed by atoms with E-state index in [1.165, 1.54) is 6.42 Å². The Morgan fingerprint density at radius 2 is 2.41 bits per heavy atom. The number of rotatable bonds is 6. The standard InChI is InChI=1S/C13H23N3O/c1-3-16(10-11(2)8-14)13(17)5-4-12-6-7-15-9-12/h11-12,15H,3-7,9-10H2,1-2H3. The number of nitriles is 1. The van der Waals surface area contributed by atoms with Crippen molar-refractivity contribution in [1.29, 1.82) is 5.26 Å². The molecule has 4 heteroatoms. The van der Waals surface area contributed by atoms with E-state index in [9.17, 15) is 4.79 Å². The average Bonchev–Trinajstić information content (AvgIpc) is 2.85. The van der Waals surface area contributed by atoms with Crippen LogP contribution in [0.1, 0.15) is 33.1 Å². The van der Waals surface area contributed by atoms with Gasteiger partial charge in [-0.05, 0) is 45.7 Å². The Morgan fingerprint density at radius 1 is 1.65 bits per heavy atom. The van der Waals surface area contributed by atoms with Gasteiger partial charge in [-0.1, -0.05) is 0 Å². The summed E-state index contributed by atoms with van der Waals surface area (Å²) in [6.07, 6.45) is 2.79. The summed E-state index contributed by atoms with van der Waals surface area (Å²) in [5.41, 5.74) is 0. The molecule has 17 heavy (non-hydrogen) atoms. The minimum atomic E-state index is -0.0768. The maximum absolute atomic E-state index is 12.0. The van der Waals surface area contributed by atoms with Crippen LogP contribution in [0.5, 0.6) is 0 Å². The first-order valence-electron chi connectivity index (χ1n) is 6.55. The molecule has 0 aromatic carbocycles. The third kappa shape index (κ3) is 4.74. The average molecular weight is 237 g/mol. The molecular formula is C13H23N3O. The lowest BCUT2D eigenvalue weighted by molar-refractivity contribution is -0.131. The summed E-state index contributed by atoms with van der Waals surface area (Å²) in [5, 5.41) is 12.1. The number of carbonyl (C=O) groups is 1. The molecule has 0 bridgehead atoms. The van der Waals surface area contributed by atoms with Crippen molar-refractivity contribution in [2.45, 2.75) is 33.1 Å². The lowest BCUT2D eigenvalue weighted by Gasteiger charge is -2.22. The van der Waals surface area contributed by atoms with Crippen LogP contribution >= 0.6 is 0 Å². The monoisotopic (exact) mass is 237 g/mol. The quantitative estimate of drug-likeness (QED) is 0.759. The van der Waals surface area contributed by atoms with E-state index in [1.54, 1.807) is 4.90 Å². The second-order valence-corrected chi connectivity index (χ2v) is 4.86. The molecule has 0 spiro atoms. The molecule has 1 rings (SSSR count). The van der Waals surface area contributed by atoms with Crippen molar-refractivity contribution in [3.05, 3.63) is 0 Å². The first kappa shape index (κ1) is 14.0. The molecule has 1 fully saturated rings. The van der Waals surface area contributed by atoms with Gasteiger partial charge in [0.25, 0.3) is 0 Å². The number of nitrogens with one attached hydrogen (secondary N) is 1. The zero-order chi connectivity index (χ0) is 12.7. The second-order valence-electron chi connectivity index (χ2n) is 4.86. The summed E-state index contributed by atoms with van der Waals surface area (Å²) in [6, 6.07) is 2.18. The third-order valence-electron chi connectivity index (χ3n) is 3.38. The molecule has 4 nitrogen and oxygen atoms in total. The predicted molar refractivity (Wildman–Crippen MR) is 67.2 cm³/mol. The minimum Gasteiger partial charge on any atom is -0.342 e. The summed E-state index contributed by atoms with van der Waals surface area (Å²) >= 11 is 0. The van der Waals surface area contributed by atoms with Gasteiger partial charge in [0.1, 0.15) is 0 Å². The lowest BCUT2D eigenvalue weighted by atomic mass is 10.0. The highest BCUT2D eigenvalue weighted by molar-refractivity contribution is 5.76. The fourth-order valence-electron chi connectivity index (χ4n) is 2.23. The van der Waals surface area contributed by atoms with Gasteiger partial charge in [-0.15, -0.1) is 0 Å². The van der Waals surface area contributed by atoms with Crippen LogP contribution in [0.4, 0.5) is 0 Å². The minimum absolute atomic E-state index is 0.0768. The SMILES string of the molecule is CCN(CC(C)C#N)C(=O)CCC1CCNC1. The Kier molecular flexibility index (Phi) is 5.99. The molecular weight excluding hydrogens is 214 g/mol. The van der Waals surface area contributed by atoms with Crippen LogP contribution < -0.4 is 5.32 Å². The van der Waals surface area contributed by atoms with Gasteiger partial charge in [-0.3, -0.25) is 4.79 Å². The van der Waals surface area contributed by atoms with E-state index in [2.05, 4.69) is 11.4 Å². The lowest BCUT2D eigenvalue weighted by Crippen LogP contribution is -2.34. The number of nitrogens with zero attached hydrogens (tertiary/aromatic N) is 2. The van der Waals surface area contributed by atoms with Crippen molar-refractivity contribution in [1.82, 2.24) is 10.2 Å². The van der Waals surface area contributed by atoms with Crippen molar-refractivity contribution >= 4 is 5.91 Å². The number of hydrogen-bond donors (Lipinski definition) is 1. The van der Waals surface area contributed by atoms with Gasteiger partial charge in [0, 0.05) is 19.5 Å². The third-order valence-corrected chi connectivity index (χ3v) is 3.38. The molecule has 0 aliphatic carbocycles. The van der Waals surface area contributed by atoms with Gasteiger partial charge < -0.3 is 10.2 Å². The highest BCUT2D eigenvalue weighted by atomic mass is 16.2. The summed E-state index contributed by atoms with van der Waals surface area (Å²) < 4.78 is 0. The Bertz CT molecular complexity index is 279. The molecule has 0 saturated carbocycles. The summed E-state index contributed by atoms with van der Waals surface area (Å²) in [5.74, 6) is 0.777. The Balaban J connectivity index is 2.30. The highest BCUT2D eigenvalue weighted by Gasteiger charge is 2.19.